The monoisotopic (exact) mass is 373 g/mol. The molecule has 4 nitrogen and oxygen atoms in total. The second-order valence-electron chi connectivity index (χ2n) is 6.78. The van der Waals surface area contributed by atoms with E-state index in [1.54, 1.807) is 13.2 Å². The number of amides is 1. The van der Waals surface area contributed by atoms with Crippen molar-refractivity contribution in [1.82, 2.24) is 4.90 Å². The van der Waals surface area contributed by atoms with Crippen molar-refractivity contribution in [2.45, 2.75) is 25.7 Å². The van der Waals surface area contributed by atoms with Gasteiger partial charge in [-0.3, -0.25) is 4.79 Å². The number of hydrogen-bond acceptors (Lipinski definition) is 3. The molecule has 0 atom stereocenters. The van der Waals surface area contributed by atoms with Gasteiger partial charge in [0.05, 0.1) is 12.7 Å². The van der Waals surface area contributed by atoms with Crippen LogP contribution in [0.4, 0.5) is 0 Å². The maximum atomic E-state index is 12.6. The Kier molecular flexibility index (Phi) is 6.04. The number of benzene rings is 2. The van der Waals surface area contributed by atoms with Gasteiger partial charge in [-0.1, -0.05) is 23.7 Å². The lowest BCUT2D eigenvalue weighted by Gasteiger charge is -2.32. The summed E-state index contributed by atoms with van der Waals surface area (Å²) in [4.78, 5) is 14.4. The number of phenols is 1. The molecule has 26 heavy (non-hydrogen) atoms. The summed E-state index contributed by atoms with van der Waals surface area (Å²) in [6.07, 6.45) is 4.14. The third kappa shape index (κ3) is 4.50. The fraction of sp³-hybridized carbons (Fsp3) is 0.381. The fourth-order valence-electron chi connectivity index (χ4n) is 3.44. The number of phenolic OH excluding ortho intramolecular Hbond substituents is 1. The highest BCUT2D eigenvalue weighted by Gasteiger charge is 2.25. The Hall–Kier alpha value is -2.20. The molecule has 0 radical (unpaired) electrons. The van der Waals surface area contributed by atoms with E-state index in [0.717, 1.165) is 44.5 Å². The van der Waals surface area contributed by atoms with Crippen LogP contribution in [0.3, 0.4) is 0 Å². The molecule has 1 heterocycles. The van der Waals surface area contributed by atoms with Crippen LogP contribution in [0, 0.1) is 5.92 Å². The molecule has 1 fully saturated rings. The number of hydrogen-bond donors (Lipinski definition) is 1. The van der Waals surface area contributed by atoms with E-state index >= 15 is 0 Å². The molecule has 138 valence electrons. The number of likely N-dealkylation sites (tertiary alicyclic amines) is 1. The summed E-state index contributed by atoms with van der Waals surface area (Å²) in [5.41, 5.74) is 1.60. The molecule has 0 bridgehead atoms. The first-order chi connectivity index (χ1) is 12.6. The van der Waals surface area contributed by atoms with Gasteiger partial charge in [-0.15, -0.1) is 0 Å². The van der Waals surface area contributed by atoms with E-state index in [1.807, 2.05) is 17.0 Å². The first-order valence-electron chi connectivity index (χ1n) is 8.97. The lowest BCUT2D eigenvalue weighted by molar-refractivity contribution is 0.0684. The summed E-state index contributed by atoms with van der Waals surface area (Å²) < 4.78 is 5.19. The van der Waals surface area contributed by atoms with Crippen molar-refractivity contribution in [3.8, 4) is 11.5 Å². The SMILES string of the molecule is COc1ccc(CCC2CCN(C(=O)c3cc(Cl)ccc3O)CC2)cc1. The van der Waals surface area contributed by atoms with Crippen LogP contribution in [0.25, 0.3) is 0 Å². The van der Waals surface area contributed by atoms with E-state index in [-0.39, 0.29) is 17.2 Å². The summed E-state index contributed by atoms with van der Waals surface area (Å²) in [6, 6.07) is 12.8. The maximum Gasteiger partial charge on any atom is 0.257 e. The van der Waals surface area contributed by atoms with E-state index in [4.69, 9.17) is 16.3 Å². The van der Waals surface area contributed by atoms with Gasteiger partial charge in [-0.25, -0.2) is 0 Å². The summed E-state index contributed by atoms with van der Waals surface area (Å²) in [5.74, 6) is 1.35. The molecule has 0 unspecified atom stereocenters. The smallest absolute Gasteiger partial charge is 0.257 e. The predicted molar refractivity (Wildman–Crippen MR) is 103 cm³/mol. The number of halogens is 1. The summed E-state index contributed by atoms with van der Waals surface area (Å²) in [5, 5.41) is 10.4. The molecule has 0 aliphatic carbocycles. The number of aromatic hydroxyl groups is 1. The molecule has 0 saturated carbocycles. The van der Waals surface area contributed by atoms with Crippen molar-refractivity contribution in [2.75, 3.05) is 20.2 Å². The van der Waals surface area contributed by atoms with Crippen LogP contribution >= 0.6 is 11.6 Å². The Morgan fingerprint density at radius 1 is 1.19 bits per heavy atom. The normalized spacial score (nSPS) is 15.1. The van der Waals surface area contributed by atoms with Crippen LogP contribution in [0.2, 0.25) is 5.02 Å². The maximum absolute atomic E-state index is 12.6. The van der Waals surface area contributed by atoms with Gasteiger partial charge in [-0.2, -0.15) is 0 Å². The number of aryl methyl sites for hydroxylation is 1. The average Bonchev–Trinajstić information content (AvgIpc) is 2.68. The molecule has 1 saturated heterocycles. The van der Waals surface area contributed by atoms with Gasteiger partial charge in [0.2, 0.25) is 0 Å². The molecular formula is C21H24ClNO3. The minimum absolute atomic E-state index is 0.0129. The Morgan fingerprint density at radius 2 is 1.88 bits per heavy atom. The number of piperidine rings is 1. The van der Waals surface area contributed by atoms with Crippen LogP contribution in [0.5, 0.6) is 11.5 Å². The van der Waals surface area contributed by atoms with Crippen LogP contribution in [-0.2, 0) is 6.42 Å². The fourth-order valence-corrected chi connectivity index (χ4v) is 3.61. The number of carbonyl (C=O) groups is 1. The molecular weight excluding hydrogens is 350 g/mol. The summed E-state index contributed by atoms with van der Waals surface area (Å²) in [7, 11) is 1.67. The molecule has 1 amide bonds. The lowest BCUT2D eigenvalue weighted by atomic mass is 9.90. The van der Waals surface area contributed by atoms with Crippen LogP contribution in [0.15, 0.2) is 42.5 Å². The Balaban J connectivity index is 1.50. The predicted octanol–water partition coefficient (Wildman–Crippen LogP) is 4.54. The zero-order valence-electron chi connectivity index (χ0n) is 15.0. The van der Waals surface area contributed by atoms with Crippen molar-refractivity contribution >= 4 is 17.5 Å². The van der Waals surface area contributed by atoms with E-state index in [9.17, 15) is 9.90 Å². The molecule has 3 rings (SSSR count). The molecule has 1 N–H and O–H groups in total. The first-order valence-corrected chi connectivity index (χ1v) is 9.35. The van der Waals surface area contributed by atoms with Crippen LogP contribution in [-0.4, -0.2) is 36.1 Å². The van der Waals surface area contributed by atoms with Crippen molar-refractivity contribution < 1.29 is 14.6 Å². The highest BCUT2D eigenvalue weighted by molar-refractivity contribution is 6.31. The number of methoxy groups -OCH3 is 1. The van der Waals surface area contributed by atoms with Crippen LogP contribution in [0.1, 0.15) is 35.2 Å². The first kappa shape index (κ1) is 18.6. The van der Waals surface area contributed by atoms with Gasteiger partial charge in [0.1, 0.15) is 11.5 Å². The van der Waals surface area contributed by atoms with Crippen LogP contribution < -0.4 is 4.74 Å². The standard InChI is InChI=1S/C21H24ClNO3/c1-26-18-7-4-15(5-8-18)2-3-16-10-12-23(13-11-16)21(25)19-14-17(22)6-9-20(19)24/h4-9,14,16,24H,2-3,10-13H2,1H3. The molecule has 2 aromatic rings. The zero-order valence-corrected chi connectivity index (χ0v) is 15.7. The second-order valence-corrected chi connectivity index (χ2v) is 7.22. The van der Waals surface area contributed by atoms with Gasteiger partial charge in [-0.05, 0) is 67.5 Å². The number of nitrogens with zero attached hydrogens (tertiary/aromatic N) is 1. The van der Waals surface area contributed by atoms with Gasteiger partial charge < -0.3 is 14.7 Å². The molecule has 1 aliphatic heterocycles. The molecule has 2 aromatic carbocycles. The van der Waals surface area contributed by atoms with E-state index < -0.39 is 0 Å². The Labute approximate surface area is 159 Å². The zero-order chi connectivity index (χ0) is 18.5. The molecule has 5 heteroatoms. The number of rotatable bonds is 5. The largest absolute Gasteiger partial charge is 0.507 e. The Bertz CT molecular complexity index is 752. The molecule has 1 aliphatic rings. The summed E-state index contributed by atoms with van der Waals surface area (Å²) in [6.45, 7) is 1.44. The van der Waals surface area contributed by atoms with E-state index in [0.29, 0.717) is 10.9 Å². The molecule has 0 aromatic heterocycles. The molecule has 0 spiro atoms. The van der Waals surface area contributed by atoms with Crippen molar-refractivity contribution in [2.24, 2.45) is 5.92 Å². The van der Waals surface area contributed by atoms with Crippen molar-refractivity contribution in [3.63, 3.8) is 0 Å². The van der Waals surface area contributed by atoms with Gasteiger partial charge >= 0.3 is 0 Å². The minimum atomic E-state index is -0.140. The van der Waals surface area contributed by atoms with Gasteiger partial charge in [0.25, 0.3) is 5.91 Å². The van der Waals surface area contributed by atoms with Crippen molar-refractivity contribution in [3.05, 3.63) is 58.6 Å². The second kappa shape index (κ2) is 8.45. The highest BCUT2D eigenvalue weighted by atomic mass is 35.5. The average molecular weight is 374 g/mol. The number of ether oxygens (including phenoxy) is 1. The topological polar surface area (TPSA) is 49.8 Å². The minimum Gasteiger partial charge on any atom is -0.507 e. The summed E-state index contributed by atoms with van der Waals surface area (Å²) >= 11 is 5.95. The van der Waals surface area contributed by atoms with E-state index in [1.165, 1.54) is 17.7 Å². The van der Waals surface area contributed by atoms with E-state index in [2.05, 4.69) is 12.1 Å². The Morgan fingerprint density at radius 3 is 2.54 bits per heavy atom. The third-order valence-electron chi connectivity index (χ3n) is 5.09. The van der Waals surface area contributed by atoms with Gasteiger partial charge in [0, 0.05) is 18.1 Å². The van der Waals surface area contributed by atoms with Gasteiger partial charge in [0.15, 0.2) is 0 Å². The number of carbonyl (C=O) groups excluding carboxylic acids is 1. The lowest BCUT2D eigenvalue weighted by Crippen LogP contribution is -2.38. The van der Waals surface area contributed by atoms with Crippen molar-refractivity contribution in [1.29, 1.82) is 0 Å². The third-order valence-corrected chi connectivity index (χ3v) is 5.33. The highest BCUT2D eigenvalue weighted by Crippen LogP contribution is 2.27. The quantitative estimate of drug-likeness (QED) is 0.837.